The summed E-state index contributed by atoms with van der Waals surface area (Å²) in [7, 11) is 3.36. The van der Waals surface area contributed by atoms with Crippen molar-refractivity contribution in [3.63, 3.8) is 0 Å². The molecule has 2 unspecified atom stereocenters. The summed E-state index contributed by atoms with van der Waals surface area (Å²) in [4.78, 5) is 0. The van der Waals surface area contributed by atoms with Crippen molar-refractivity contribution in [2.24, 2.45) is 0 Å². The van der Waals surface area contributed by atoms with E-state index in [4.69, 9.17) is 18.9 Å². The van der Waals surface area contributed by atoms with Crippen LogP contribution < -0.4 is 0 Å². The third-order valence-electron chi connectivity index (χ3n) is 2.38. The van der Waals surface area contributed by atoms with E-state index in [9.17, 15) is 0 Å². The Labute approximate surface area is 99.2 Å². The molecule has 0 saturated carbocycles. The van der Waals surface area contributed by atoms with E-state index in [0.29, 0.717) is 26.4 Å². The van der Waals surface area contributed by atoms with Crippen LogP contribution in [0, 0.1) is 0 Å². The predicted octanol–water partition coefficient (Wildman–Crippen LogP) is 1.87. The van der Waals surface area contributed by atoms with Crippen LogP contribution in [0.4, 0.5) is 0 Å². The zero-order valence-corrected chi connectivity index (χ0v) is 11.0. The van der Waals surface area contributed by atoms with Crippen LogP contribution >= 0.6 is 0 Å². The van der Waals surface area contributed by atoms with Gasteiger partial charge in [-0.05, 0) is 19.8 Å². The van der Waals surface area contributed by atoms with E-state index in [1.165, 1.54) is 0 Å². The summed E-state index contributed by atoms with van der Waals surface area (Å²) < 4.78 is 21.1. The molecule has 0 aliphatic heterocycles. The molecule has 0 aromatic rings. The molecule has 0 spiro atoms. The Hall–Kier alpha value is -0.160. The van der Waals surface area contributed by atoms with Crippen LogP contribution in [-0.4, -0.2) is 52.9 Å². The molecule has 0 bridgehead atoms. The van der Waals surface area contributed by atoms with Crippen LogP contribution in [0.3, 0.4) is 0 Å². The molecule has 4 heteroatoms. The standard InChI is InChI=1S/C12H26O4/c1-5-12(16-9-7-14-4)10-11(2)15-8-6-13-3/h11-12H,5-10H2,1-4H3. The van der Waals surface area contributed by atoms with Gasteiger partial charge in [-0.2, -0.15) is 0 Å². The molecule has 0 aliphatic carbocycles. The number of hydrogen-bond acceptors (Lipinski definition) is 4. The second-order valence-corrected chi connectivity index (χ2v) is 3.80. The quantitative estimate of drug-likeness (QED) is 0.511. The number of methoxy groups -OCH3 is 2. The van der Waals surface area contributed by atoms with Crippen molar-refractivity contribution in [1.82, 2.24) is 0 Å². The van der Waals surface area contributed by atoms with E-state index in [-0.39, 0.29) is 12.2 Å². The zero-order chi connectivity index (χ0) is 12.2. The molecule has 16 heavy (non-hydrogen) atoms. The number of ether oxygens (including phenoxy) is 4. The molecular formula is C12H26O4. The second-order valence-electron chi connectivity index (χ2n) is 3.80. The van der Waals surface area contributed by atoms with Gasteiger partial charge in [-0.1, -0.05) is 6.92 Å². The minimum Gasteiger partial charge on any atom is -0.382 e. The summed E-state index contributed by atoms with van der Waals surface area (Å²) in [6.45, 7) is 6.78. The van der Waals surface area contributed by atoms with Crippen LogP contribution in [0.15, 0.2) is 0 Å². The van der Waals surface area contributed by atoms with Gasteiger partial charge in [0.05, 0.1) is 38.6 Å². The van der Waals surface area contributed by atoms with Gasteiger partial charge in [0.2, 0.25) is 0 Å². The molecule has 0 N–H and O–H groups in total. The SMILES string of the molecule is CCC(CC(C)OCCOC)OCCOC. The molecule has 98 valence electrons. The van der Waals surface area contributed by atoms with Crippen molar-refractivity contribution in [2.75, 3.05) is 40.6 Å². The summed E-state index contributed by atoms with van der Waals surface area (Å²) in [6, 6.07) is 0. The highest BCUT2D eigenvalue weighted by atomic mass is 16.5. The van der Waals surface area contributed by atoms with Gasteiger partial charge in [0, 0.05) is 14.2 Å². The summed E-state index contributed by atoms with van der Waals surface area (Å²) in [5.41, 5.74) is 0. The topological polar surface area (TPSA) is 36.9 Å². The first kappa shape index (κ1) is 15.8. The van der Waals surface area contributed by atoms with Gasteiger partial charge < -0.3 is 18.9 Å². The minimum atomic E-state index is 0.211. The summed E-state index contributed by atoms with van der Waals surface area (Å²) in [6.07, 6.45) is 2.39. The molecule has 0 saturated heterocycles. The highest BCUT2D eigenvalue weighted by molar-refractivity contribution is 4.61. The molecule has 0 fully saturated rings. The Morgan fingerprint density at radius 3 is 1.94 bits per heavy atom. The average molecular weight is 234 g/mol. The molecule has 0 radical (unpaired) electrons. The van der Waals surface area contributed by atoms with E-state index in [2.05, 4.69) is 13.8 Å². The predicted molar refractivity (Wildman–Crippen MR) is 63.8 cm³/mol. The normalized spacial score (nSPS) is 15.0. The molecule has 2 atom stereocenters. The van der Waals surface area contributed by atoms with Gasteiger partial charge in [0.15, 0.2) is 0 Å². The van der Waals surface area contributed by atoms with Crippen LogP contribution in [0.1, 0.15) is 26.7 Å². The third-order valence-corrected chi connectivity index (χ3v) is 2.38. The Morgan fingerprint density at radius 2 is 1.44 bits per heavy atom. The van der Waals surface area contributed by atoms with Crippen molar-refractivity contribution in [1.29, 1.82) is 0 Å². The maximum Gasteiger partial charge on any atom is 0.0704 e. The highest BCUT2D eigenvalue weighted by Crippen LogP contribution is 2.09. The molecule has 0 aromatic carbocycles. The van der Waals surface area contributed by atoms with Crippen molar-refractivity contribution in [2.45, 2.75) is 38.9 Å². The number of rotatable bonds is 11. The van der Waals surface area contributed by atoms with Gasteiger partial charge in [-0.15, -0.1) is 0 Å². The smallest absolute Gasteiger partial charge is 0.0704 e. The largest absolute Gasteiger partial charge is 0.382 e. The van der Waals surface area contributed by atoms with Crippen LogP contribution in [-0.2, 0) is 18.9 Å². The van der Waals surface area contributed by atoms with Crippen LogP contribution in [0.5, 0.6) is 0 Å². The summed E-state index contributed by atoms with van der Waals surface area (Å²) in [5, 5.41) is 0. The lowest BCUT2D eigenvalue weighted by Crippen LogP contribution is -2.23. The summed E-state index contributed by atoms with van der Waals surface area (Å²) in [5.74, 6) is 0. The van der Waals surface area contributed by atoms with Gasteiger partial charge in [0.1, 0.15) is 0 Å². The molecule has 0 aromatic heterocycles. The fraction of sp³-hybridized carbons (Fsp3) is 1.00. The lowest BCUT2D eigenvalue weighted by atomic mass is 10.1. The van der Waals surface area contributed by atoms with Crippen molar-refractivity contribution in [3.8, 4) is 0 Å². The molecule has 0 rings (SSSR count). The first-order valence-electron chi connectivity index (χ1n) is 5.95. The fourth-order valence-electron chi connectivity index (χ4n) is 1.42. The Morgan fingerprint density at radius 1 is 0.875 bits per heavy atom. The van der Waals surface area contributed by atoms with Gasteiger partial charge >= 0.3 is 0 Å². The zero-order valence-electron chi connectivity index (χ0n) is 11.0. The third kappa shape index (κ3) is 9.09. The Kier molecular flexibility index (Phi) is 11.2. The maximum atomic E-state index is 5.67. The molecule has 4 nitrogen and oxygen atoms in total. The van der Waals surface area contributed by atoms with E-state index >= 15 is 0 Å². The van der Waals surface area contributed by atoms with Gasteiger partial charge in [0.25, 0.3) is 0 Å². The monoisotopic (exact) mass is 234 g/mol. The Bertz CT molecular complexity index is 141. The van der Waals surface area contributed by atoms with Crippen molar-refractivity contribution >= 4 is 0 Å². The molecular weight excluding hydrogens is 208 g/mol. The molecule has 0 amide bonds. The van der Waals surface area contributed by atoms with Gasteiger partial charge in [-0.3, -0.25) is 0 Å². The lowest BCUT2D eigenvalue weighted by Gasteiger charge is -2.20. The van der Waals surface area contributed by atoms with Crippen molar-refractivity contribution in [3.05, 3.63) is 0 Å². The molecule has 0 aliphatic rings. The molecule has 0 heterocycles. The van der Waals surface area contributed by atoms with Crippen LogP contribution in [0.2, 0.25) is 0 Å². The minimum absolute atomic E-state index is 0.211. The second kappa shape index (κ2) is 11.3. The number of hydrogen-bond donors (Lipinski definition) is 0. The first-order valence-corrected chi connectivity index (χ1v) is 5.95. The van der Waals surface area contributed by atoms with Crippen LogP contribution in [0.25, 0.3) is 0 Å². The average Bonchev–Trinajstić information content (AvgIpc) is 2.28. The fourth-order valence-corrected chi connectivity index (χ4v) is 1.42. The lowest BCUT2D eigenvalue weighted by molar-refractivity contribution is -0.0344. The first-order chi connectivity index (χ1) is 7.74. The maximum absolute atomic E-state index is 5.67. The van der Waals surface area contributed by atoms with E-state index in [1.807, 2.05) is 0 Å². The highest BCUT2D eigenvalue weighted by Gasteiger charge is 2.12. The van der Waals surface area contributed by atoms with Gasteiger partial charge in [-0.25, -0.2) is 0 Å². The summed E-state index contributed by atoms with van der Waals surface area (Å²) >= 11 is 0. The van der Waals surface area contributed by atoms with E-state index in [0.717, 1.165) is 12.8 Å². The van der Waals surface area contributed by atoms with E-state index < -0.39 is 0 Å². The Balaban J connectivity index is 3.57. The van der Waals surface area contributed by atoms with Crippen molar-refractivity contribution < 1.29 is 18.9 Å². The van der Waals surface area contributed by atoms with E-state index in [1.54, 1.807) is 14.2 Å².